The Morgan fingerprint density at radius 3 is 3.00 bits per heavy atom. The summed E-state index contributed by atoms with van der Waals surface area (Å²) in [7, 11) is 1.80. The summed E-state index contributed by atoms with van der Waals surface area (Å²) in [6.07, 6.45) is 0.888. The molecule has 20 heavy (non-hydrogen) atoms. The van der Waals surface area contributed by atoms with Crippen LogP contribution in [0, 0.1) is 4.84 Å². The minimum absolute atomic E-state index is 0.0982. The van der Waals surface area contributed by atoms with E-state index < -0.39 is 0 Å². The Kier molecular flexibility index (Phi) is 3.31. The third-order valence-corrected chi connectivity index (χ3v) is 3.98. The predicted molar refractivity (Wildman–Crippen MR) is 77.0 cm³/mol. The number of nitrogens with one attached hydrogen (secondary N) is 1. The fourth-order valence-corrected chi connectivity index (χ4v) is 2.78. The highest BCUT2D eigenvalue weighted by Gasteiger charge is 2.21. The Balaban J connectivity index is 2.16. The van der Waals surface area contributed by atoms with Gasteiger partial charge in [0.1, 0.15) is 5.56 Å². The Morgan fingerprint density at radius 1 is 1.55 bits per heavy atom. The van der Waals surface area contributed by atoms with E-state index in [9.17, 15) is 4.79 Å². The summed E-state index contributed by atoms with van der Waals surface area (Å²) < 4.78 is 6.97. The van der Waals surface area contributed by atoms with Crippen molar-refractivity contribution in [2.45, 2.75) is 19.9 Å². The zero-order chi connectivity index (χ0) is 14.3. The molecule has 0 saturated carbocycles. The second kappa shape index (κ2) is 4.99. The van der Waals surface area contributed by atoms with Gasteiger partial charge < -0.3 is 8.98 Å². The molecule has 106 valence electrons. The zero-order valence-electron chi connectivity index (χ0n) is 11.5. The fourth-order valence-electron chi connectivity index (χ4n) is 2.66. The molecule has 1 aliphatic heterocycles. The predicted octanol–water partition coefficient (Wildman–Crippen LogP) is 1.48. The molecule has 0 amide bonds. The molecule has 1 aliphatic rings. The molecule has 2 aromatic heterocycles. The number of hydrogen-bond donors (Lipinski definition) is 1. The van der Waals surface area contributed by atoms with Gasteiger partial charge in [-0.3, -0.25) is 9.69 Å². The molecule has 0 atom stereocenters. The monoisotopic (exact) mass is 292 g/mol. The third-order valence-electron chi connectivity index (χ3n) is 3.80. The van der Waals surface area contributed by atoms with Crippen molar-refractivity contribution in [1.29, 1.82) is 0 Å². The first kappa shape index (κ1) is 13.3. The first-order valence-corrected chi connectivity index (χ1v) is 7.01. The average molecular weight is 292 g/mol. The van der Waals surface area contributed by atoms with Crippen molar-refractivity contribution >= 4 is 12.2 Å². The number of rotatable bonds is 2. The first-order valence-electron chi connectivity index (χ1n) is 6.60. The second-order valence-electron chi connectivity index (χ2n) is 4.93. The summed E-state index contributed by atoms with van der Waals surface area (Å²) in [6, 6.07) is 1.88. The van der Waals surface area contributed by atoms with Gasteiger partial charge in [0.2, 0.25) is 0 Å². The Bertz CT molecular complexity index is 758. The molecule has 0 aromatic carbocycles. The van der Waals surface area contributed by atoms with E-state index in [1.807, 2.05) is 6.07 Å². The quantitative estimate of drug-likeness (QED) is 0.849. The van der Waals surface area contributed by atoms with Gasteiger partial charge in [-0.1, -0.05) is 6.92 Å². The Hall–Kier alpha value is -1.73. The molecule has 7 heteroatoms. The standard InChI is InChI=1S/C13H16N4O2S/c1-3-17-5-4-10-8(7-17)6-9(12(18)16(10)2)11-14-15-13(20)19-11/h6H,3-5,7H2,1-2H3,(H,15,20). The molecule has 0 bridgehead atoms. The number of aromatic amines is 1. The van der Waals surface area contributed by atoms with Crippen molar-refractivity contribution in [3.63, 3.8) is 0 Å². The van der Waals surface area contributed by atoms with Crippen LogP contribution in [-0.2, 0) is 20.0 Å². The van der Waals surface area contributed by atoms with Crippen LogP contribution in [0.5, 0.6) is 0 Å². The molecule has 1 N–H and O–H groups in total. The molecule has 0 spiro atoms. The van der Waals surface area contributed by atoms with Crippen LogP contribution >= 0.6 is 12.2 Å². The van der Waals surface area contributed by atoms with E-state index in [0.29, 0.717) is 5.56 Å². The summed E-state index contributed by atoms with van der Waals surface area (Å²) >= 11 is 4.87. The molecule has 6 nitrogen and oxygen atoms in total. The van der Waals surface area contributed by atoms with Crippen LogP contribution in [0.1, 0.15) is 18.2 Å². The number of likely N-dealkylation sites (N-methyl/N-ethyl adjacent to an activating group) is 1. The normalized spacial score (nSPS) is 15.3. The maximum Gasteiger partial charge on any atom is 0.284 e. The molecule has 0 radical (unpaired) electrons. The number of nitrogens with zero attached hydrogens (tertiary/aromatic N) is 3. The number of fused-ring (bicyclic) bond motifs is 1. The van der Waals surface area contributed by atoms with Crippen molar-refractivity contribution in [2.24, 2.45) is 7.05 Å². The van der Waals surface area contributed by atoms with Crippen molar-refractivity contribution in [1.82, 2.24) is 19.7 Å². The van der Waals surface area contributed by atoms with Gasteiger partial charge >= 0.3 is 0 Å². The summed E-state index contributed by atoms with van der Waals surface area (Å²) in [6.45, 7) is 4.97. The molecule has 0 saturated heterocycles. The lowest BCUT2D eigenvalue weighted by atomic mass is 10.0. The number of H-pyrrole nitrogens is 1. The topological polar surface area (TPSA) is 67.1 Å². The summed E-state index contributed by atoms with van der Waals surface area (Å²) in [4.78, 5) is 14.9. The molecule has 2 aromatic rings. The van der Waals surface area contributed by atoms with Crippen molar-refractivity contribution in [3.8, 4) is 11.5 Å². The van der Waals surface area contributed by atoms with Gasteiger partial charge in [0.15, 0.2) is 0 Å². The molecule has 3 rings (SSSR count). The average Bonchev–Trinajstić information content (AvgIpc) is 2.88. The van der Waals surface area contributed by atoms with Crippen LogP contribution < -0.4 is 5.56 Å². The Morgan fingerprint density at radius 2 is 2.35 bits per heavy atom. The van der Waals surface area contributed by atoms with Gasteiger partial charge in [-0.2, -0.15) is 0 Å². The van der Waals surface area contributed by atoms with Crippen molar-refractivity contribution in [3.05, 3.63) is 32.5 Å². The number of hydrogen-bond acceptors (Lipinski definition) is 5. The van der Waals surface area contributed by atoms with Gasteiger partial charge in [-0.25, -0.2) is 5.10 Å². The van der Waals surface area contributed by atoms with E-state index in [0.717, 1.165) is 37.3 Å². The van der Waals surface area contributed by atoms with E-state index in [1.54, 1.807) is 11.6 Å². The van der Waals surface area contributed by atoms with Crippen molar-refractivity contribution in [2.75, 3.05) is 13.1 Å². The largest absolute Gasteiger partial charge is 0.409 e. The van der Waals surface area contributed by atoms with Crippen molar-refractivity contribution < 1.29 is 4.42 Å². The molecule has 3 heterocycles. The second-order valence-corrected chi connectivity index (χ2v) is 5.30. The van der Waals surface area contributed by atoms with E-state index in [1.165, 1.54) is 0 Å². The van der Waals surface area contributed by atoms with Gasteiger partial charge in [0.05, 0.1) is 0 Å². The van der Waals surface area contributed by atoms with Gasteiger partial charge in [0, 0.05) is 32.3 Å². The minimum atomic E-state index is -0.0982. The van der Waals surface area contributed by atoms with Crippen LogP contribution in [-0.4, -0.2) is 32.8 Å². The third kappa shape index (κ3) is 2.12. The van der Waals surface area contributed by atoms with Crippen LogP contribution in [0.3, 0.4) is 0 Å². The van der Waals surface area contributed by atoms with Crippen LogP contribution in [0.15, 0.2) is 15.3 Å². The first-order chi connectivity index (χ1) is 9.60. The highest BCUT2D eigenvalue weighted by molar-refractivity contribution is 7.71. The summed E-state index contributed by atoms with van der Waals surface area (Å²) in [5.41, 5.74) is 2.60. The molecular weight excluding hydrogens is 276 g/mol. The number of aromatic nitrogens is 3. The maximum absolute atomic E-state index is 12.4. The van der Waals surface area contributed by atoms with E-state index in [-0.39, 0.29) is 16.3 Å². The molecular formula is C13H16N4O2S. The van der Waals surface area contributed by atoms with Crippen LogP contribution in [0.2, 0.25) is 0 Å². The zero-order valence-corrected chi connectivity index (χ0v) is 12.3. The van der Waals surface area contributed by atoms with E-state index >= 15 is 0 Å². The highest BCUT2D eigenvalue weighted by atomic mass is 32.1. The maximum atomic E-state index is 12.4. The summed E-state index contributed by atoms with van der Waals surface area (Å²) in [5.74, 6) is 0.257. The molecule has 0 aliphatic carbocycles. The molecule has 0 unspecified atom stereocenters. The summed E-state index contributed by atoms with van der Waals surface area (Å²) in [5, 5.41) is 6.51. The lowest BCUT2D eigenvalue weighted by Gasteiger charge is -2.29. The van der Waals surface area contributed by atoms with Gasteiger partial charge in [-0.15, -0.1) is 5.10 Å². The SMILES string of the molecule is CCN1CCc2c(cc(-c3n[nH]c(=S)o3)c(=O)n2C)C1. The van der Waals surface area contributed by atoms with Gasteiger partial charge in [-0.05, 0) is 30.4 Å². The van der Waals surface area contributed by atoms with Gasteiger partial charge in [0.25, 0.3) is 16.3 Å². The smallest absolute Gasteiger partial charge is 0.284 e. The fraction of sp³-hybridized carbons (Fsp3) is 0.462. The van der Waals surface area contributed by atoms with E-state index in [2.05, 4.69) is 22.0 Å². The van der Waals surface area contributed by atoms with Crippen LogP contribution in [0.4, 0.5) is 0 Å². The Labute approximate surface area is 121 Å². The lowest BCUT2D eigenvalue weighted by molar-refractivity contribution is 0.263. The lowest BCUT2D eigenvalue weighted by Crippen LogP contribution is -2.35. The van der Waals surface area contributed by atoms with Crippen LogP contribution in [0.25, 0.3) is 11.5 Å². The highest BCUT2D eigenvalue weighted by Crippen LogP contribution is 2.22. The molecule has 0 fully saturated rings. The van der Waals surface area contributed by atoms with E-state index in [4.69, 9.17) is 16.6 Å². The number of pyridine rings is 1. The minimum Gasteiger partial charge on any atom is -0.409 e.